The zero-order chi connectivity index (χ0) is 19.4. The van der Waals surface area contributed by atoms with Gasteiger partial charge in [0, 0.05) is 41.7 Å². The molecule has 3 rings (SSSR count). The topological polar surface area (TPSA) is 127 Å². The standard InChI is InChI=1S/C19H19N5O3/c1-27-17(26)7-9-24-8-6-14(10-16(24)25)19-22-11-15(23-19)12-2-4-13(5-3-12)18(20)21/h2-6,8,10-11H,7,9H2,1H3,(H3,20,21)(H,22,23). The van der Waals surface area contributed by atoms with Crippen molar-refractivity contribution in [1.82, 2.24) is 14.5 Å². The first-order valence-corrected chi connectivity index (χ1v) is 8.26. The molecule has 0 spiro atoms. The molecule has 3 aromatic rings. The molecule has 0 saturated carbocycles. The molecule has 27 heavy (non-hydrogen) atoms. The monoisotopic (exact) mass is 365 g/mol. The summed E-state index contributed by atoms with van der Waals surface area (Å²) in [5, 5.41) is 7.43. The van der Waals surface area contributed by atoms with Gasteiger partial charge in [0.2, 0.25) is 0 Å². The van der Waals surface area contributed by atoms with Gasteiger partial charge in [-0.25, -0.2) is 4.98 Å². The van der Waals surface area contributed by atoms with Crippen LogP contribution < -0.4 is 11.3 Å². The molecule has 8 heteroatoms. The molecule has 1 aromatic carbocycles. The van der Waals surface area contributed by atoms with Crippen LogP contribution in [-0.2, 0) is 16.1 Å². The Balaban J connectivity index is 1.80. The Morgan fingerprint density at radius 2 is 2.00 bits per heavy atom. The number of esters is 1. The van der Waals surface area contributed by atoms with Gasteiger partial charge in [0.1, 0.15) is 11.7 Å². The Bertz CT molecular complexity index is 1030. The number of ether oxygens (including phenoxy) is 1. The molecule has 0 aliphatic rings. The molecule has 0 unspecified atom stereocenters. The lowest BCUT2D eigenvalue weighted by Crippen LogP contribution is -2.20. The first kappa shape index (κ1) is 18.1. The number of aromatic amines is 1. The van der Waals surface area contributed by atoms with Gasteiger partial charge in [0.15, 0.2) is 0 Å². The van der Waals surface area contributed by atoms with Crippen LogP contribution in [0.2, 0.25) is 0 Å². The molecule has 4 N–H and O–H groups in total. The first-order valence-electron chi connectivity index (χ1n) is 8.26. The molecule has 8 nitrogen and oxygen atoms in total. The Labute approximate surface area is 155 Å². The average molecular weight is 365 g/mol. The summed E-state index contributed by atoms with van der Waals surface area (Å²) in [6.07, 6.45) is 3.52. The molecule has 2 heterocycles. The van der Waals surface area contributed by atoms with Crippen molar-refractivity contribution in [3.8, 4) is 22.6 Å². The molecule has 0 radical (unpaired) electrons. The molecule has 0 amide bonds. The highest BCUT2D eigenvalue weighted by atomic mass is 16.5. The third kappa shape index (κ3) is 4.12. The van der Waals surface area contributed by atoms with E-state index in [-0.39, 0.29) is 30.3 Å². The first-order chi connectivity index (χ1) is 13.0. The second-order valence-electron chi connectivity index (χ2n) is 5.90. The van der Waals surface area contributed by atoms with Crippen LogP contribution in [-0.4, -0.2) is 33.4 Å². The van der Waals surface area contributed by atoms with Crippen LogP contribution in [0.5, 0.6) is 0 Å². The molecule has 0 aliphatic carbocycles. The van der Waals surface area contributed by atoms with Crippen molar-refractivity contribution in [3.05, 3.63) is 64.7 Å². The summed E-state index contributed by atoms with van der Waals surface area (Å²) in [6.45, 7) is 0.262. The van der Waals surface area contributed by atoms with E-state index in [0.717, 1.165) is 11.3 Å². The number of aryl methyl sites for hydroxylation is 1. The summed E-state index contributed by atoms with van der Waals surface area (Å²) in [7, 11) is 1.32. The van der Waals surface area contributed by atoms with Gasteiger partial charge in [-0.3, -0.25) is 15.0 Å². The number of rotatable bonds is 6. The van der Waals surface area contributed by atoms with Crippen molar-refractivity contribution in [2.45, 2.75) is 13.0 Å². The predicted molar refractivity (Wildman–Crippen MR) is 101 cm³/mol. The van der Waals surface area contributed by atoms with E-state index in [4.69, 9.17) is 11.1 Å². The van der Waals surface area contributed by atoms with E-state index in [0.29, 0.717) is 17.0 Å². The third-order valence-corrected chi connectivity index (χ3v) is 4.12. The van der Waals surface area contributed by atoms with Crippen LogP contribution in [0.3, 0.4) is 0 Å². The molecule has 0 atom stereocenters. The van der Waals surface area contributed by atoms with Gasteiger partial charge in [-0.05, 0) is 6.07 Å². The van der Waals surface area contributed by atoms with Crippen LogP contribution in [0, 0.1) is 5.41 Å². The molecular formula is C19H19N5O3. The summed E-state index contributed by atoms with van der Waals surface area (Å²) in [6, 6.07) is 10.4. The van der Waals surface area contributed by atoms with Crippen LogP contribution >= 0.6 is 0 Å². The summed E-state index contributed by atoms with van der Waals surface area (Å²) in [5.41, 5.74) is 8.12. The van der Waals surface area contributed by atoms with E-state index in [2.05, 4.69) is 14.7 Å². The molecule has 138 valence electrons. The number of imidazole rings is 1. The molecule has 2 aromatic heterocycles. The number of nitrogens with two attached hydrogens (primary N) is 1. The van der Waals surface area contributed by atoms with E-state index >= 15 is 0 Å². The fraction of sp³-hybridized carbons (Fsp3) is 0.158. The second kappa shape index (κ2) is 7.69. The Morgan fingerprint density at radius 3 is 2.63 bits per heavy atom. The van der Waals surface area contributed by atoms with Crippen molar-refractivity contribution < 1.29 is 9.53 Å². The highest BCUT2D eigenvalue weighted by molar-refractivity contribution is 5.95. The maximum absolute atomic E-state index is 12.2. The van der Waals surface area contributed by atoms with Crippen molar-refractivity contribution in [2.24, 2.45) is 5.73 Å². The van der Waals surface area contributed by atoms with Gasteiger partial charge < -0.3 is 20.0 Å². The number of carbonyl (C=O) groups is 1. The van der Waals surface area contributed by atoms with Gasteiger partial charge in [0.25, 0.3) is 5.56 Å². The van der Waals surface area contributed by atoms with Crippen molar-refractivity contribution in [3.63, 3.8) is 0 Å². The number of carbonyl (C=O) groups excluding carboxylic acids is 1. The SMILES string of the molecule is COC(=O)CCn1ccc(-c2nc(-c3ccc(C(=N)N)cc3)c[nH]2)cc1=O. The highest BCUT2D eigenvalue weighted by Crippen LogP contribution is 2.21. The molecular weight excluding hydrogens is 346 g/mol. The Hall–Kier alpha value is -3.68. The number of hydrogen-bond donors (Lipinski definition) is 3. The largest absolute Gasteiger partial charge is 0.469 e. The minimum absolute atomic E-state index is 0.0111. The maximum atomic E-state index is 12.2. The van der Waals surface area contributed by atoms with E-state index in [1.165, 1.54) is 17.7 Å². The number of hydrogen-bond acceptors (Lipinski definition) is 5. The van der Waals surface area contributed by atoms with Crippen molar-refractivity contribution in [1.29, 1.82) is 5.41 Å². The normalized spacial score (nSPS) is 10.6. The molecule has 0 fully saturated rings. The number of methoxy groups -OCH3 is 1. The molecule has 0 aliphatic heterocycles. The number of aromatic nitrogens is 3. The maximum Gasteiger partial charge on any atom is 0.307 e. The summed E-state index contributed by atoms with van der Waals surface area (Å²) >= 11 is 0. The quantitative estimate of drug-likeness (QED) is 0.348. The van der Waals surface area contributed by atoms with Crippen LogP contribution in [0.15, 0.2) is 53.6 Å². The number of pyridine rings is 1. The number of benzene rings is 1. The Kier molecular flexibility index (Phi) is 5.16. The van der Waals surface area contributed by atoms with E-state index in [9.17, 15) is 9.59 Å². The fourth-order valence-electron chi connectivity index (χ4n) is 2.59. The summed E-state index contributed by atoms with van der Waals surface area (Å²) in [5.74, 6) is 0.215. The average Bonchev–Trinajstić information content (AvgIpc) is 3.17. The number of nitrogens with zero attached hydrogens (tertiary/aromatic N) is 2. The lowest BCUT2D eigenvalue weighted by atomic mass is 10.1. The van der Waals surface area contributed by atoms with Crippen LogP contribution in [0.25, 0.3) is 22.6 Å². The second-order valence-corrected chi connectivity index (χ2v) is 5.90. The Morgan fingerprint density at radius 1 is 1.26 bits per heavy atom. The highest BCUT2D eigenvalue weighted by Gasteiger charge is 2.09. The molecule has 0 bridgehead atoms. The van der Waals surface area contributed by atoms with Gasteiger partial charge in [-0.1, -0.05) is 24.3 Å². The molecule has 0 saturated heterocycles. The van der Waals surface area contributed by atoms with E-state index < -0.39 is 0 Å². The van der Waals surface area contributed by atoms with Gasteiger partial charge in [0.05, 0.1) is 19.2 Å². The van der Waals surface area contributed by atoms with E-state index in [1.807, 2.05) is 12.1 Å². The van der Waals surface area contributed by atoms with Gasteiger partial charge >= 0.3 is 5.97 Å². The summed E-state index contributed by atoms with van der Waals surface area (Å²) in [4.78, 5) is 31.0. The van der Waals surface area contributed by atoms with Crippen LogP contribution in [0.1, 0.15) is 12.0 Å². The smallest absolute Gasteiger partial charge is 0.307 e. The fourth-order valence-corrected chi connectivity index (χ4v) is 2.59. The van der Waals surface area contributed by atoms with Crippen molar-refractivity contribution >= 4 is 11.8 Å². The predicted octanol–water partition coefficient (Wildman–Crippen LogP) is 1.75. The zero-order valence-electron chi connectivity index (χ0n) is 14.7. The van der Waals surface area contributed by atoms with Gasteiger partial charge in [-0.2, -0.15) is 0 Å². The summed E-state index contributed by atoms with van der Waals surface area (Å²) < 4.78 is 6.03. The van der Waals surface area contributed by atoms with E-state index in [1.54, 1.807) is 30.6 Å². The third-order valence-electron chi connectivity index (χ3n) is 4.12. The van der Waals surface area contributed by atoms with Gasteiger partial charge in [-0.15, -0.1) is 0 Å². The zero-order valence-corrected chi connectivity index (χ0v) is 14.7. The minimum atomic E-state index is -0.363. The number of nitrogen functional groups attached to an aromatic ring is 1. The lowest BCUT2D eigenvalue weighted by Gasteiger charge is -2.05. The van der Waals surface area contributed by atoms with Crippen LogP contribution in [0.4, 0.5) is 0 Å². The number of nitrogens with one attached hydrogen (secondary N) is 2. The number of amidine groups is 1. The minimum Gasteiger partial charge on any atom is -0.469 e. The lowest BCUT2D eigenvalue weighted by molar-refractivity contribution is -0.140. The van der Waals surface area contributed by atoms with Crippen molar-refractivity contribution in [2.75, 3.05) is 7.11 Å². The number of H-pyrrole nitrogens is 1.